The van der Waals surface area contributed by atoms with Gasteiger partial charge in [0, 0.05) is 11.5 Å². The number of nitrogens with two attached hydrogens (primary N) is 1. The fourth-order valence-electron chi connectivity index (χ4n) is 2.75. The van der Waals surface area contributed by atoms with Crippen LogP contribution in [0.1, 0.15) is 58.9 Å². The molecule has 0 saturated heterocycles. The molecule has 6 nitrogen and oxygen atoms in total. The van der Waals surface area contributed by atoms with Gasteiger partial charge in [0.25, 0.3) is 5.56 Å². The lowest BCUT2D eigenvalue weighted by Crippen LogP contribution is -2.20. The van der Waals surface area contributed by atoms with Crippen LogP contribution >= 0.6 is 15.9 Å². The molecule has 3 aromatic rings. The van der Waals surface area contributed by atoms with Gasteiger partial charge in [0.15, 0.2) is 11.2 Å². The first-order valence-corrected chi connectivity index (χ1v) is 10.2. The van der Waals surface area contributed by atoms with E-state index in [1.165, 1.54) is 43.0 Å². The van der Waals surface area contributed by atoms with Gasteiger partial charge in [0.2, 0.25) is 5.95 Å². The topological polar surface area (TPSA) is 78.7 Å². The molecule has 7 heteroatoms. The molecule has 0 aliphatic carbocycles. The second-order valence-electron chi connectivity index (χ2n) is 6.54. The van der Waals surface area contributed by atoms with Crippen molar-refractivity contribution in [2.45, 2.75) is 59.9 Å². The maximum absolute atomic E-state index is 12.2. The molecule has 0 aliphatic rings. The van der Waals surface area contributed by atoms with Gasteiger partial charge in [-0.2, -0.15) is 4.98 Å². The number of imidazole rings is 1. The Morgan fingerprint density at radius 2 is 1.75 bits per heavy atom. The summed E-state index contributed by atoms with van der Waals surface area (Å²) in [5.41, 5.74) is 7.57. The van der Waals surface area contributed by atoms with E-state index in [-0.39, 0.29) is 18.9 Å². The van der Waals surface area contributed by atoms with Gasteiger partial charge in [-0.05, 0) is 11.6 Å². The molecule has 0 spiro atoms. The van der Waals surface area contributed by atoms with E-state index in [0.717, 1.165) is 10.0 Å². The van der Waals surface area contributed by atoms with E-state index in [1.54, 1.807) is 11.6 Å². The number of fused-ring (bicyclic) bond motifs is 1. The predicted molar refractivity (Wildman–Crippen MR) is 122 cm³/mol. The summed E-state index contributed by atoms with van der Waals surface area (Å²) in [4.78, 5) is 20.5. The summed E-state index contributed by atoms with van der Waals surface area (Å²) >= 11 is 3.49. The Labute approximate surface area is 175 Å². The van der Waals surface area contributed by atoms with Gasteiger partial charge < -0.3 is 10.3 Å². The van der Waals surface area contributed by atoms with Crippen LogP contribution in [0.15, 0.2) is 39.9 Å². The molecular formula is C21H32BrN5O. The third kappa shape index (κ3) is 5.92. The molecule has 0 radical (unpaired) electrons. The normalized spacial score (nSPS) is 10.3. The Bertz CT molecular complexity index is 928. The van der Waals surface area contributed by atoms with E-state index in [0.29, 0.717) is 17.7 Å². The number of unbranched alkanes of at least 4 members (excludes halogenated alkanes) is 4. The van der Waals surface area contributed by atoms with Crippen LogP contribution < -0.4 is 11.3 Å². The quantitative estimate of drug-likeness (QED) is 0.528. The van der Waals surface area contributed by atoms with Crippen molar-refractivity contribution in [1.82, 2.24) is 19.1 Å². The van der Waals surface area contributed by atoms with Crippen molar-refractivity contribution in [3.8, 4) is 0 Å². The molecule has 2 heterocycles. The van der Waals surface area contributed by atoms with E-state index < -0.39 is 0 Å². The van der Waals surface area contributed by atoms with Crippen LogP contribution in [0.5, 0.6) is 0 Å². The van der Waals surface area contributed by atoms with Crippen molar-refractivity contribution >= 4 is 33.0 Å². The van der Waals surface area contributed by atoms with Gasteiger partial charge in [-0.15, -0.1) is 0 Å². The Hall–Kier alpha value is -2.15. The maximum Gasteiger partial charge on any atom is 0.279 e. The number of rotatable bonds is 6. The van der Waals surface area contributed by atoms with E-state index in [2.05, 4.69) is 39.7 Å². The zero-order valence-corrected chi connectivity index (χ0v) is 17.9. The summed E-state index contributed by atoms with van der Waals surface area (Å²) in [6.07, 6.45) is 8.45. The van der Waals surface area contributed by atoms with Crippen LogP contribution in [0, 0.1) is 0 Å². The predicted octanol–water partition coefficient (Wildman–Crippen LogP) is 5.14. The lowest BCUT2D eigenvalue weighted by Gasteiger charge is -2.08. The number of aryl methyl sites for hydroxylation is 1. The minimum Gasteiger partial charge on any atom is -0.369 e. The summed E-state index contributed by atoms with van der Waals surface area (Å²) in [5.74, 6) is 0.284. The summed E-state index contributed by atoms with van der Waals surface area (Å²) in [7, 11) is 1.65. The van der Waals surface area contributed by atoms with Crippen LogP contribution in [0.25, 0.3) is 11.2 Å². The number of benzene rings is 1. The molecule has 0 atom stereocenters. The first-order chi connectivity index (χ1) is 13.0. The SMILES string of the molecule is C.CCCCCCC.Cn1cnc2nc(N)n(Cc3ccccc3Br)c2c1=O. The number of aromatic nitrogens is 4. The Balaban J connectivity index is 0.000000425. The van der Waals surface area contributed by atoms with E-state index in [9.17, 15) is 4.79 Å². The molecule has 3 rings (SSSR count). The van der Waals surface area contributed by atoms with Crippen molar-refractivity contribution in [3.05, 3.63) is 51.0 Å². The fraction of sp³-hybridized carbons (Fsp3) is 0.476. The molecule has 0 aliphatic heterocycles. The summed E-state index contributed by atoms with van der Waals surface area (Å²) in [6, 6.07) is 7.78. The first-order valence-electron chi connectivity index (χ1n) is 9.40. The van der Waals surface area contributed by atoms with E-state index in [1.807, 2.05) is 24.3 Å². The second-order valence-corrected chi connectivity index (χ2v) is 7.40. The number of nitrogen functional groups attached to an aromatic ring is 1. The lowest BCUT2D eigenvalue weighted by atomic mass is 10.2. The molecule has 154 valence electrons. The average molecular weight is 450 g/mol. The van der Waals surface area contributed by atoms with Gasteiger partial charge in [-0.25, -0.2) is 4.98 Å². The van der Waals surface area contributed by atoms with Crippen molar-refractivity contribution in [2.24, 2.45) is 7.05 Å². The monoisotopic (exact) mass is 449 g/mol. The number of halogens is 1. The second kappa shape index (κ2) is 11.6. The molecule has 2 aromatic heterocycles. The summed E-state index contributed by atoms with van der Waals surface area (Å²) in [5, 5.41) is 0. The Morgan fingerprint density at radius 3 is 2.36 bits per heavy atom. The molecule has 0 unspecified atom stereocenters. The van der Waals surface area contributed by atoms with Crippen molar-refractivity contribution in [1.29, 1.82) is 0 Å². The van der Waals surface area contributed by atoms with Crippen LogP contribution in [0.4, 0.5) is 5.95 Å². The fourth-order valence-corrected chi connectivity index (χ4v) is 3.16. The first kappa shape index (κ1) is 23.9. The highest BCUT2D eigenvalue weighted by molar-refractivity contribution is 9.10. The van der Waals surface area contributed by atoms with Crippen molar-refractivity contribution in [2.75, 3.05) is 5.73 Å². The van der Waals surface area contributed by atoms with Crippen LogP contribution in [-0.2, 0) is 13.6 Å². The highest BCUT2D eigenvalue weighted by Crippen LogP contribution is 2.20. The van der Waals surface area contributed by atoms with Gasteiger partial charge in [-0.1, -0.05) is 87.5 Å². The van der Waals surface area contributed by atoms with Gasteiger partial charge >= 0.3 is 0 Å². The smallest absolute Gasteiger partial charge is 0.279 e. The minimum atomic E-state index is -0.161. The molecule has 28 heavy (non-hydrogen) atoms. The molecule has 0 saturated carbocycles. The highest BCUT2D eigenvalue weighted by Gasteiger charge is 2.14. The summed E-state index contributed by atoms with van der Waals surface area (Å²) in [6.45, 7) is 4.95. The number of hydrogen-bond acceptors (Lipinski definition) is 4. The molecule has 0 fully saturated rings. The van der Waals surface area contributed by atoms with Crippen molar-refractivity contribution < 1.29 is 0 Å². The van der Waals surface area contributed by atoms with Crippen molar-refractivity contribution in [3.63, 3.8) is 0 Å². The minimum absolute atomic E-state index is 0. The van der Waals surface area contributed by atoms with E-state index >= 15 is 0 Å². The zero-order chi connectivity index (χ0) is 19.8. The maximum atomic E-state index is 12.2. The summed E-state index contributed by atoms with van der Waals surface area (Å²) < 4.78 is 4.06. The van der Waals surface area contributed by atoms with Gasteiger partial charge in [-0.3, -0.25) is 9.36 Å². The molecule has 0 amide bonds. The van der Waals surface area contributed by atoms with Gasteiger partial charge in [0.1, 0.15) is 0 Å². The Morgan fingerprint density at radius 1 is 1.11 bits per heavy atom. The third-order valence-corrected chi connectivity index (χ3v) is 5.12. The standard InChI is InChI=1S/C13H12BrN5O.C7H16.CH4/c1-18-7-16-11-10(12(18)20)19(13(15)17-11)6-8-4-2-3-5-9(8)14;1-3-5-7-6-4-2;/h2-5,7H,6H2,1H3,(H2,15,17);3-7H2,1-2H3;1H4. The van der Waals surface area contributed by atoms with Gasteiger partial charge in [0.05, 0.1) is 12.9 Å². The largest absolute Gasteiger partial charge is 0.369 e. The van der Waals surface area contributed by atoms with E-state index in [4.69, 9.17) is 5.73 Å². The molecular weight excluding hydrogens is 418 g/mol. The zero-order valence-electron chi connectivity index (χ0n) is 16.3. The molecule has 1 aromatic carbocycles. The number of hydrogen-bond donors (Lipinski definition) is 1. The van der Waals surface area contributed by atoms with Crippen LogP contribution in [-0.4, -0.2) is 19.1 Å². The Kier molecular flexibility index (Phi) is 9.93. The van der Waals surface area contributed by atoms with Crippen LogP contribution in [0.2, 0.25) is 0 Å². The number of anilines is 1. The molecule has 2 N–H and O–H groups in total. The third-order valence-electron chi connectivity index (χ3n) is 4.35. The van der Waals surface area contributed by atoms with Crippen LogP contribution in [0.3, 0.4) is 0 Å². The number of nitrogens with zero attached hydrogens (tertiary/aromatic N) is 4. The highest BCUT2D eigenvalue weighted by atomic mass is 79.9. The average Bonchev–Trinajstić information content (AvgIpc) is 2.97. The lowest BCUT2D eigenvalue weighted by molar-refractivity contribution is 0.656. The molecule has 0 bridgehead atoms.